The van der Waals surface area contributed by atoms with Gasteiger partial charge in [-0.3, -0.25) is 20.4 Å². The van der Waals surface area contributed by atoms with Gasteiger partial charge in [0, 0.05) is 10.4 Å². The Morgan fingerprint density at radius 3 is 2.53 bits per heavy atom. The van der Waals surface area contributed by atoms with Crippen molar-refractivity contribution in [2.45, 2.75) is 40.0 Å². The first-order chi connectivity index (χ1) is 14.3. The first-order valence-electron chi connectivity index (χ1n) is 9.87. The number of hydrogen-bond donors (Lipinski definition) is 2. The van der Waals surface area contributed by atoms with Crippen LogP contribution in [0.4, 0.5) is 0 Å². The van der Waals surface area contributed by atoms with Crippen LogP contribution in [0.3, 0.4) is 0 Å². The molecular weight excluding hydrogens is 400 g/mol. The van der Waals surface area contributed by atoms with Gasteiger partial charge in [-0.15, -0.1) is 16.4 Å². The molecule has 2 amide bonds. The number of nitrogens with one attached hydrogen (secondary N) is 2. The molecular formula is C21H24N6O2S. The average Bonchev–Trinajstić information content (AvgIpc) is 3.40. The minimum absolute atomic E-state index is 0.260. The maximum absolute atomic E-state index is 12.5. The summed E-state index contributed by atoms with van der Waals surface area (Å²) in [4.78, 5) is 26.8. The molecule has 2 heterocycles. The van der Waals surface area contributed by atoms with Crippen LogP contribution in [-0.4, -0.2) is 32.0 Å². The van der Waals surface area contributed by atoms with E-state index in [1.807, 2.05) is 6.07 Å². The highest BCUT2D eigenvalue weighted by molar-refractivity contribution is 7.14. The van der Waals surface area contributed by atoms with E-state index in [0.717, 1.165) is 24.9 Å². The predicted molar refractivity (Wildman–Crippen MR) is 113 cm³/mol. The molecule has 0 radical (unpaired) electrons. The van der Waals surface area contributed by atoms with Crippen molar-refractivity contribution in [1.29, 1.82) is 0 Å². The highest BCUT2D eigenvalue weighted by Gasteiger charge is 2.30. The first-order valence-corrected chi connectivity index (χ1v) is 10.7. The minimum Gasteiger partial charge on any atom is -0.267 e. The number of aromatic nitrogens is 4. The van der Waals surface area contributed by atoms with Crippen molar-refractivity contribution in [3.8, 4) is 5.69 Å². The van der Waals surface area contributed by atoms with Gasteiger partial charge in [0.05, 0.1) is 10.6 Å². The van der Waals surface area contributed by atoms with Gasteiger partial charge in [0.15, 0.2) is 0 Å². The van der Waals surface area contributed by atoms with E-state index in [9.17, 15) is 9.59 Å². The Bertz CT molecular complexity index is 1050. The predicted octanol–water partition coefficient (Wildman–Crippen LogP) is 2.95. The molecule has 2 aromatic heterocycles. The Balaban J connectivity index is 1.36. The Labute approximate surface area is 178 Å². The fourth-order valence-electron chi connectivity index (χ4n) is 3.67. The molecule has 8 nitrogen and oxygen atoms in total. The Kier molecular flexibility index (Phi) is 5.38. The highest BCUT2D eigenvalue weighted by atomic mass is 32.1. The van der Waals surface area contributed by atoms with Crippen LogP contribution in [0.5, 0.6) is 0 Å². The molecule has 0 fully saturated rings. The number of nitrogens with zero attached hydrogens (tertiary/aromatic N) is 4. The van der Waals surface area contributed by atoms with Crippen LogP contribution in [0.25, 0.3) is 5.69 Å². The van der Waals surface area contributed by atoms with E-state index < -0.39 is 0 Å². The smallest absolute Gasteiger partial charge is 0.267 e. The quantitative estimate of drug-likeness (QED) is 0.630. The molecule has 4 rings (SSSR count). The van der Waals surface area contributed by atoms with Crippen molar-refractivity contribution in [3.63, 3.8) is 0 Å². The monoisotopic (exact) mass is 424 g/mol. The summed E-state index contributed by atoms with van der Waals surface area (Å²) in [7, 11) is 0. The van der Waals surface area contributed by atoms with Crippen LogP contribution in [0, 0.1) is 11.3 Å². The molecule has 1 unspecified atom stereocenters. The van der Waals surface area contributed by atoms with E-state index in [1.165, 1.54) is 32.8 Å². The molecule has 0 saturated heterocycles. The number of hydrogen-bond acceptors (Lipinski definition) is 6. The Hall–Kier alpha value is -3.07. The first kappa shape index (κ1) is 20.2. The van der Waals surface area contributed by atoms with E-state index in [-0.39, 0.29) is 17.2 Å². The normalized spacial score (nSPS) is 16.0. The van der Waals surface area contributed by atoms with Crippen molar-refractivity contribution in [2.75, 3.05) is 0 Å². The van der Waals surface area contributed by atoms with Gasteiger partial charge in [-0.25, -0.2) is 4.68 Å². The van der Waals surface area contributed by atoms with Crippen molar-refractivity contribution in [3.05, 3.63) is 57.5 Å². The number of carbonyl (C=O) groups excluding carboxylic acids is 2. The van der Waals surface area contributed by atoms with Crippen LogP contribution < -0.4 is 10.9 Å². The molecule has 3 aromatic rings. The molecule has 1 aromatic carbocycles. The maximum atomic E-state index is 12.5. The van der Waals surface area contributed by atoms with Crippen molar-refractivity contribution >= 4 is 23.2 Å². The van der Waals surface area contributed by atoms with Gasteiger partial charge in [-0.05, 0) is 76.9 Å². The van der Waals surface area contributed by atoms with Gasteiger partial charge in [-0.1, -0.05) is 20.8 Å². The lowest BCUT2D eigenvalue weighted by atomic mass is 9.72. The number of rotatable bonds is 3. The second kappa shape index (κ2) is 7.98. The third-order valence-corrected chi connectivity index (χ3v) is 6.80. The standard InChI is InChI=1S/C21H24N6O2S/c1-21(2,3)15-6-9-17-14(10-15)11-18(30-17)20(29)24-23-19(28)13-4-7-16(8-5-13)27-12-22-25-26-27/h4-5,7-8,11-12,15H,6,9-10H2,1-3H3,(H,23,28)(H,24,29). The number of carbonyl (C=O) groups is 2. The lowest BCUT2D eigenvalue weighted by Crippen LogP contribution is -2.41. The largest absolute Gasteiger partial charge is 0.279 e. The number of benzene rings is 1. The van der Waals surface area contributed by atoms with E-state index >= 15 is 0 Å². The molecule has 30 heavy (non-hydrogen) atoms. The summed E-state index contributed by atoms with van der Waals surface area (Å²) in [5.41, 5.74) is 7.69. The molecule has 0 spiro atoms. The van der Waals surface area contributed by atoms with Gasteiger partial charge in [0.1, 0.15) is 6.33 Å². The summed E-state index contributed by atoms with van der Waals surface area (Å²) in [6.45, 7) is 6.81. The number of thiophene rings is 1. The lowest BCUT2D eigenvalue weighted by Gasteiger charge is -2.33. The number of hydrazine groups is 1. The summed E-state index contributed by atoms with van der Waals surface area (Å²) < 4.78 is 1.49. The lowest BCUT2D eigenvalue weighted by molar-refractivity contribution is 0.0849. The van der Waals surface area contributed by atoms with Gasteiger partial charge in [-0.2, -0.15) is 0 Å². The minimum atomic E-state index is -0.388. The topological polar surface area (TPSA) is 102 Å². The third-order valence-electron chi connectivity index (χ3n) is 5.56. The zero-order chi connectivity index (χ0) is 21.3. The molecule has 0 saturated carbocycles. The number of amides is 2. The van der Waals surface area contributed by atoms with E-state index in [4.69, 9.17) is 0 Å². The van der Waals surface area contributed by atoms with E-state index in [0.29, 0.717) is 16.4 Å². The van der Waals surface area contributed by atoms with Crippen LogP contribution >= 0.6 is 11.3 Å². The van der Waals surface area contributed by atoms with Crippen LogP contribution in [0.15, 0.2) is 36.7 Å². The van der Waals surface area contributed by atoms with Crippen molar-refractivity contribution < 1.29 is 9.59 Å². The van der Waals surface area contributed by atoms with Crippen LogP contribution in [0.2, 0.25) is 0 Å². The number of tetrazole rings is 1. The molecule has 1 aliphatic rings. The molecule has 0 aliphatic heterocycles. The average molecular weight is 425 g/mol. The fourth-order valence-corrected chi connectivity index (χ4v) is 4.77. The molecule has 1 atom stereocenters. The van der Waals surface area contributed by atoms with Crippen LogP contribution in [-0.2, 0) is 12.8 Å². The number of fused-ring (bicyclic) bond motifs is 1. The second-order valence-electron chi connectivity index (χ2n) is 8.57. The summed E-state index contributed by atoms with van der Waals surface area (Å²) in [6.07, 6.45) is 4.63. The van der Waals surface area contributed by atoms with Crippen molar-refractivity contribution in [2.24, 2.45) is 11.3 Å². The zero-order valence-corrected chi connectivity index (χ0v) is 18.0. The molecule has 1 aliphatic carbocycles. The molecule has 156 valence electrons. The summed E-state index contributed by atoms with van der Waals surface area (Å²) in [5, 5.41) is 11.0. The SMILES string of the molecule is CC(C)(C)C1CCc2sc(C(=O)NNC(=O)c3ccc(-n4cnnn4)cc3)cc2C1. The van der Waals surface area contributed by atoms with Gasteiger partial charge in [0.2, 0.25) is 0 Å². The summed E-state index contributed by atoms with van der Waals surface area (Å²) in [6, 6.07) is 8.72. The van der Waals surface area contributed by atoms with E-state index in [2.05, 4.69) is 47.1 Å². The molecule has 0 bridgehead atoms. The third kappa shape index (κ3) is 4.25. The zero-order valence-electron chi connectivity index (χ0n) is 17.2. The van der Waals surface area contributed by atoms with Gasteiger partial charge in [0.25, 0.3) is 11.8 Å². The number of aryl methyl sites for hydroxylation is 1. The van der Waals surface area contributed by atoms with Crippen molar-refractivity contribution in [1.82, 2.24) is 31.1 Å². The Morgan fingerprint density at radius 1 is 1.13 bits per heavy atom. The molecule has 2 N–H and O–H groups in total. The Morgan fingerprint density at radius 2 is 1.87 bits per heavy atom. The van der Waals surface area contributed by atoms with E-state index in [1.54, 1.807) is 24.3 Å². The fraction of sp³-hybridized carbons (Fsp3) is 0.381. The second-order valence-corrected chi connectivity index (χ2v) is 9.71. The highest BCUT2D eigenvalue weighted by Crippen LogP contribution is 2.40. The summed E-state index contributed by atoms with van der Waals surface area (Å²) >= 11 is 1.52. The maximum Gasteiger partial charge on any atom is 0.279 e. The van der Waals surface area contributed by atoms with Crippen LogP contribution in [0.1, 0.15) is 57.7 Å². The van der Waals surface area contributed by atoms with Gasteiger partial charge < -0.3 is 0 Å². The summed E-state index contributed by atoms with van der Waals surface area (Å²) in [5.74, 6) is -0.0624. The molecule has 9 heteroatoms. The van der Waals surface area contributed by atoms with Gasteiger partial charge >= 0.3 is 0 Å².